The molecule has 1 unspecified atom stereocenters. The van der Waals surface area contributed by atoms with Gasteiger partial charge in [0.25, 0.3) is 0 Å². The lowest BCUT2D eigenvalue weighted by molar-refractivity contribution is 0.554. The Bertz CT molecular complexity index is 407. The first-order valence-electron chi connectivity index (χ1n) is 5.90. The minimum atomic E-state index is -0.260. The van der Waals surface area contributed by atoms with Crippen molar-refractivity contribution in [1.29, 1.82) is 0 Å². The number of hydrogen-bond acceptors (Lipinski definition) is 8. The zero-order chi connectivity index (χ0) is 15.5. The fourth-order valence-corrected chi connectivity index (χ4v) is 0.950. The van der Waals surface area contributed by atoms with Gasteiger partial charge in [-0.2, -0.15) is 0 Å². The van der Waals surface area contributed by atoms with Gasteiger partial charge in [-0.25, -0.2) is 39.1 Å². The number of unbranched alkanes of at least 4 members (excludes halogenated alkanes) is 2. The third-order valence-corrected chi connectivity index (χ3v) is 1.86. The summed E-state index contributed by atoms with van der Waals surface area (Å²) in [6.07, 6.45) is 8.25. The van der Waals surface area contributed by atoms with Crippen molar-refractivity contribution in [3.05, 3.63) is 0 Å². The van der Waals surface area contributed by atoms with Crippen LogP contribution < -0.4 is 0 Å². The van der Waals surface area contributed by atoms with Crippen LogP contribution in [-0.2, 0) is 19.2 Å². The van der Waals surface area contributed by atoms with E-state index in [9.17, 15) is 19.2 Å². The molecule has 0 radical (unpaired) electrons. The lowest BCUT2D eigenvalue weighted by atomic mass is 10.2. The molecule has 0 amide bonds. The van der Waals surface area contributed by atoms with Crippen LogP contribution >= 0.6 is 0 Å². The van der Waals surface area contributed by atoms with Crippen molar-refractivity contribution < 1.29 is 19.2 Å². The van der Waals surface area contributed by atoms with Crippen LogP contribution in [0, 0.1) is 0 Å². The molecule has 108 valence electrons. The van der Waals surface area contributed by atoms with E-state index < -0.39 is 0 Å². The van der Waals surface area contributed by atoms with E-state index in [1.54, 1.807) is 6.92 Å². The molecule has 0 saturated heterocycles. The van der Waals surface area contributed by atoms with Gasteiger partial charge in [-0.1, -0.05) is 0 Å². The van der Waals surface area contributed by atoms with Crippen molar-refractivity contribution in [3.8, 4) is 0 Å². The number of isocyanates is 4. The number of aliphatic imine (C=N–C) groups is 4. The summed E-state index contributed by atoms with van der Waals surface area (Å²) in [5.41, 5.74) is 0. The first kappa shape index (κ1) is 19.9. The number of hydrogen-bond donors (Lipinski definition) is 0. The second-order valence-electron chi connectivity index (χ2n) is 3.51. The van der Waals surface area contributed by atoms with Crippen LogP contribution in [0.1, 0.15) is 26.2 Å². The topological polar surface area (TPSA) is 118 Å². The standard InChI is InChI=1S/C7H10N2O2.C5H6N2O2/c10-6-8-4-2-1-3-5-9-7-11;1-5(7-4-9)2-6-3-8/h1-5H2;5H,2H2,1H3. The fourth-order valence-electron chi connectivity index (χ4n) is 0.950. The predicted molar refractivity (Wildman–Crippen MR) is 70.4 cm³/mol. The Morgan fingerprint density at radius 2 is 1.25 bits per heavy atom. The van der Waals surface area contributed by atoms with Crippen LogP contribution in [0.5, 0.6) is 0 Å². The Morgan fingerprint density at radius 1 is 0.750 bits per heavy atom. The monoisotopic (exact) mass is 280 g/mol. The van der Waals surface area contributed by atoms with E-state index in [-0.39, 0.29) is 12.6 Å². The summed E-state index contributed by atoms with van der Waals surface area (Å²) in [5, 5.41) is 0. The van der Waals surface area contributed by atoms with Gasteiger partial charge in [0.15, 0.2) is 0 Å². The van der Waals surface area contributed by atoms with Gasteiger partial charge in [-0.05, 0) is 26.2 Å². The van der Waals surface area contributed by atoms with E-state index in [4.69, 9.17) is 0 Å². The summed E-state index contributed by atoms with van der Waals surface area (Å²) >= 11 is 0. The zero-order valence-corrected chi connectivity index (χ0v) is 11.2. The quantitative estimate of drug-likeness (QED) is 0.353. The molecule has 1 atom stereocenters. The first-order valence-corrected chi connectivity index (χ1v) is 5.90. The van der Waals surface area contributed by atoms with Crippen LogP contribution in [-0.4, -0.2) is 50.0 Å². The molecule has 8 nitrogen and oxygen atoms in total. The van der Waals surface area contributed by atoms with Crippen LogP contribution in [0.4, 0.5) is 0 Å². The second kappa shape index (κ2) is 18.9. The highest BCUT2D eigenvalue weighted by Gasteiger charge is 1.93. The molecule has 0 aliphatic carbocycles. The normalized spacial score (nSPS) is 9.25. The van der Waals surface area contributed by atoms with Gasteiger partial charge in [-0.3, -0.25) is 0 Å². The average molecular weight is 280 g/mol. The molecule has 0 saturated carbocycles. The molecular formula is C12H16N4O4. The predicted octanol–water partition coefficient (Wildman–Crippen LogP) is 0.875. The Kier molecular flexibility index (Phi) is 18.7. The van der Waals surface area contributed by atoms with Crippen molar-refractivity contribution in [2.75, 3.05) is 19.6 Å². The van der Waals surface area contributed by atoms with Gasteiger partial charge < -0.3 is 0 Å². The van der Waals surface area contributed by atoms with E-state index in [1.807, 2.05) is 0 Å². The SMILES string of the molecule is CC(CN=C=O)N=C=O.O=C=NCCCCCN=C=O. The molecule has 0 aromatic carbocycles. The molecular weight excluding hydrogens is 264 g/mol. The maximum atomic E-state index is 9.58. The molecule has 0 heterocycles. The zero-order valence-electron chi connectivity index (χ0n) is 11.2. The molecule has 0 bridgehead atoms. The van der Waals surface area contributed by atoms with Gasteiger partial charge in [0, 0.05) is 0 Å². The van der Waals surface area contributed by atoms with Crippen LogP contribution in [0.15, 0.2) is 20.0 Å². The first-order chi connectivity index (χ1) is 9.72. The van der Waals surface area contributed by atoms with E-state index in [1.165, 1.54) is 24.3 Å². The van der Waals surface area contributed by atoms with Crippen molar-refractivity contribution >= 4 is 24.3 Å². The lowest BCUT2D eigenvalue weighted by Crippen LogP contribution is -2.00. The minimum Gasteiger partial charge on any atom is -0.211 e. The number of rotatable bonds is 9. The Balaban J connectivity index is 0. The smallest absolute Gasteiger partial charge is 0.211 e. The number of nitrogens with zero attached hydrogens (tertiary/aromatic N) is 4. The van der Waals surface area contributed by atoms with Crippen LogP contribution in [0.2, 0.25) is 0 Å². The van der Waals surface area contributed by atoms with Gasteiger partial charge >= 0.3 is 0 Å². The maximum absolute atomic E-state index is 9.58. The van der Waals surface area contributed by atoms with E-state index in [2.05, 4.69) is 20.0 Å². The summed E-state index contributed by atoms with van der Waals surface area (Å²) in [7, 11) is 0. The minimum absolute atomic E-state index is 0.207. The van der Waals surface area contributed by atoms with E-state index in [0.717, 1.165) is 19.3 Å². The molecule has 0 fully saturated rings. The Labute approximate surface area is 116 Å². The summed E-state index contributed by atoms with van der Waals surface area (Å²) in [4.78, 5) is 51.4. The lowest BCUT2D eigenvalue weighted by Gasteiger charge is -1.91. The molecule has 0 aliphatic heterocycles. The Hall–Kier alpha value is -2.48. The molecule has 8 heteroatoms. The van der Waals surface area contributed by atoms with Gasteiger partial charge in [0.05, 0.1) is 25.7 Å². The van der Waals surface area contributed by atoms with Crippen molar-refractivity contribution in [2.24, 2.45) is 20.0 Å². The van der Waals surface area contributed by atoms with E-state index in [0.29, 0.717) is 13.1 Å². The summed E-state index contributed by atoms with van der Waals surface area (Å²) in [5.74, 6) is 0. The van der Waals surface area contributed by atoms with Gasteiger partial charge in [0.1, 0.15) is 0 Å². The third kappa shape index (κ3) is 20.9. The van der Waals surface area contributed by atoms with Gasteiger partial charge in [-0.15, -0.1) is 0 Å². The van der Waals surface area contributed by atoms with Crippen LogP contribution in [0.25, 0.3) is 0 Å². The highest BCUT2D eigenvalue weighted by atomic mass is 16.1. The maximum Gasteiger partial charge on any atom is 0.235 e. The second-order valence-corrected chi connectivity index (χ2v) is 3.51. The van der Waals surface area contributed by atoms with Crippen molar-refractivity contribution in [3.63, 3.8) is 0 Å². The Morgan fingerprint density at radius 3 is 1.65 bits per heavy atom. The molecule has 0 rings (SSSR count). The van der Waals surface area contributed by atoms with Crippen LogP contribution in [0.3, 0.4) is 0 Å². The fraction of sp³-hybridized carbons (Fsp3) is 0.667. The summed E-state index contributed by atoms with van der Waals surface area (Å²) < 4.78 is 0. The van der Waals surface area contributed by atoms with Crippen molar-refractivity contribution in [2.45, 2.75) is 32.2 Å². The largest absolute Gasteiger partial charge is 0.235 e. The van der Waals surface area contributed by atoms with Gasteiger partial charge in [0.2, 0.25) is 24.3 Å². The third-order valence-electron chi connectivity index (χ3n) is 1.86. The molecule has 0 N–H and O–H groups in total. The van der Waals surface area contributed by atoms with E-state index >= 15 is 0 Å². The molecule has 20 heavy (non-hydrogen) atoms. The number of carbonyl (C=O) groups excluding carboxylic acids is 4. The molecule has 0 aromatic heterocycles. The summed E-state index contributed by atoms with van der Waals surface area (Å²) in [6, 6.07) is -0.260. The average Bonchev–Trinajstić information content (AvgIpc) is 2.45. The molecule has 0 aliphatic rings. The molecule has 0 spiro atoms. The highest BCUT2D eigenvalue weighted by Crippen LogP contribution is 1.94. The highest BCUT2D eigenvalue weighted by molar-refractivity contribution is 5.35. The summed E-state index contributed by atoms with van der Waals surface area (Å²) in [6.45, 7) is 2.91. The molecule has 0 aromatic rings. The van der Waals surface area contributed by atoms with Crippen molar-refractivity contribution in [1.82, 2.24) is 0 Å².